The third-order valence-corrected chi connectivity index (χ3v) is 5.62. The van der Waals surface area contributed by atoms with Crippen LogP contribution in [0.25, 0.3) is 33.4 Å². The van der Waals surface area contributed by atoms with E-state index >= 15 is 0 Å². The van der Waals surface area contributed by atoms with E-state index in [1.807, 2.05) is 18.3 Å². The number of hydrogen-bond acceptors (Lipinski definition) is 2. The molecule has 0 unspecified atom stereocenters. The monoisotopic (exact) mass is 357 g/mol. The van der Waals surface area contributed by atoms with E-state index in [0.717, 1.165) is 22.3 Å². The summed E-state index contributed by atoms with van der Waals surface area (Å²) in [6, 6.07) is 31.6. The number of fused-ring (bicyclic) bond motifs is 4. The molecule has 130 valence electrons. The van der Waals surface area contributed by atoms with Crippen LogP contribution < -0.4 is 16.6 Å². The van der Waals surface area contributed by atoms with Crippen molar-refractivity contribution in [1.82, 2.24) is 4.98 Å². The van der Waals surface area contributed by atoms with Gasteiger partial charge in [-0.05, 0) is 28.7 Å². The fourth-order valence-electron chi connectivity index (χ4n) is 4.46. The second-order valence-electron chi connectivity index (χ2n) is 7.16. The van der Waals surface area contributed by atoms with Crippen LogP contribution >= 0.6 is 0 Å². The molecule has 3 heteroatoms. The molecule has 0 aliphatic carbocycles. The molecular weight excluding hydrogens is 341 g/mol. The second-order valence-corrected chi connectivity index (χ2v) is 7.16. The first-order valence-electron chi connectivity index (χ1n) is 9.53. The van der Waals surface area contributed by atoms with Crippen molar-refractivity contribution in [3.63, 3.8) is 0 Å². The molecule has 1 aliphatic heterocycles. The molecule has 28 heavy (non-hydrogen) atoms. The third kappa shape index (κ3) is 2.13. The zero-order valence-electron chi connectivity index (χ0n) is 15.2. The number of nitrogens with zero attached hydrogens (tertiary/aromatic N) is 1. The van der Waals surface area contributed by atoms with Crippen LogP contribution in [0.1, 0.15) is 0 Å². The number of furan rings is 1. The lowest BCUT2D eigenvalue weighted by Gasteiger charge is -2.10. The molecule has 0 spiro atoms. The summed E-state index contributed by atoms with van der Waals surface area (Å²) in [6.45, 7) is 0.0440. The van der Waals surface area contributed by atoms with Gasteiger partial charge < -0.3 is 4.42 Å². The van der Waals surface area contributed by atoms with Crippen LogP contribution in [-0.4, -0.2) is 11.7 Å². The molecule has 6 rings (SSSR count). The predicted molar refractivity (Wildman–Crippen MR) is 116 cm³/mol. The van der Waals surface area contributed by atoms with Gasteiger partial charge in [-0.1, -0.05) is 84.3 Å². The van der Waals surface area contributed by atoms with Gasteiger partial charge in [0.25, 0.3) is 6.71 Å². The lowest BCUT2D eigenvalue weighted by molar-refractivity contribution is 0.652. The smallest absolute Gasteiger partial charge is 0.291 e. The molecule has 0 saturated carbocycles. The molecular formula is C25H16BNO. The van der Waals surface area contributed by atoms with Crippen molar-refractivity contribution in [2.45, 2.75) is 0 Å². The van der Waals surface area contributed by atoms with Crippen molar-refractivity contribution in [3.05, 3.63) is 97.2 Å². The fraction of sp³-hybridized carbons (Fsp3) is 0. The normalized spacial score (nSPS) is 12.2. The Bertz CT molecular complexity index is 1280. The zero-order chi connectivity index (χ0) is 18.5. The average Bonchev–Trinajstić information content (AvgIpc) is 3.30. The van der Waals surface area contributed by atoms with Gasteiger partial charge in [0.15, 0.2) is 0 Å². The highest BCUT2D eigenvalue weighted by atomic mass is 16.3. The first-order valence-corrected chi connectivity index (χ1v) is 9.53. The Balaban J connectivity index is 1.71. The SMILES string of the molecule is c1ccc(-c2c(B3c4ccccc4-c4ncccc43)oc3ccccc23)cc1. The molecule has 0 saturated heterocycles. The number of hydrogen-bond donors (Lipinski definition) is 0. The summed E-state index contributed by atoms with van der Waals surface area (Å²) in [5.41, 5.74) is 8.99. The van der Waals surface area contributed by atoms with Gasteiger partial charge in [0.1, 0.15) is 5.58 Å². The molecule has 1 aliphatic rings. The number of para-hydroxylation sites is 1. The summed E-state index contributed by atoms with van der Waals surface area (Å²) < 4.78 is 6.52. The number of aromatic nitrogens is 1. The van der Waals surface area contributed by atoms with Crippen LogP contribution in [0.2, 0.25) is 0 Å². The van der Waals surface area contributed by atoms with E-state index in [1.165, 1.54) is 27.6 Å². The van der Waals surface area contributed by atoms with Crippen LogP contribution in [0.15, 0.2) is 102 Å². The van der Waals surface area contributed by atoms with Gasteiger partial charge in [0.2, 0.25) is 0 Å². The first-order chi connectivity index (χ1) is 13.9. The Morgan fingerprint density at radius 3 is 2.36 bits per heavy atom. The highest BCUT2D eigenvalue weighted by molar-refractivity contribution is 6.99. The Hall–Kier alpha value is -3.59. The van der Waals surface area contributed by atoms with Gasteiger partial charge in [0, 0.05) is 17.1 Å². The van der Waals surface area contributed by atoms with Gasteiger partial charge in [-0.3, -0.25) is 4.98 Å². The van der Waals surface area contributed by atoms with E-state index in [-0.39, 0.29) is 6.71 Å². The number of pyridine rings is 1. The lowest BCUT2D eigenvalue weighted by atomic mass is 9.40. The summed E-state index contributed by atoms with van der Waals surface area (Å²) >= 11 is 0. The second kappa shape index (κ2) is 5.96. The van der Waals surface area contributed by atoms with E-state index in [4.69, 9.17) is 9.40 Å². The predicted octanol–water partition coefficient (Wildman–Crippen LogP) is 3.99. The summed E-state index contributed by atoms with van der Waals surface area (Å²) in [6.07, 6.45) is 1.87. The Morgan fingerprint density at radius 2 is 1.43 bits per heavy atom. The van der Waals surface area contributed by atoms with E-state index < -0.39 is 0 Å². The molecule has 2 aromatic heterocycles. The molecule has 3 heterocycles. The maximum Gasteiger partial charge on any atom is 0.291 e. The molecule has 3 aromatic carbocycles. The van der Waals surface area contributed by atoms with Crippen LogP contribution in [0.4, 0.5) is 0 Å². The minimum atomic E-state index is 0.0440. The number of rotatable bonds is 2. The molecule has 0 radical (unpaired) electrons. The third-order valence-electron chi connectivity index (χ3n) is 5.62. The average molecular weight is 357 g/mol. The van der Waals surface area contributed by atoms with Crippen molar-refractivity contribution < 1.29 is 4.42 Å². The molecule has 2 nitrogen and oxygen atoms in total. The van der Waals surface area contributed by atoms with Crippen molar-refractivity contribution in [2.24, 2.45) is 0 Å². The standard InChI is InChI=1S/C25H16BNO/c1-2-9-17(10-3-1)23-19-12-5-7-15-22(19)28-25(23)26-20-13-6-4-11-18(20)24-21(26)14-8-16-27-24/h1-16H. The first kappa shape index (κ1) is 15.5. The van der Waals surface area contributed by atoms with Gasteiger partial charge in [-0.15, -0.1) is 0 Å². The van der Waals surface area contributed by atoms with Crippen LogP contribution in [-0.2, 0) is 0 Å². The van der Waals surface area contributed by atoms with Gasteiger partial charge in [0.05, 0.1) is 11.4 Å². The Labute approximate surface area is 163 Å². The van der Waals surface area contributed by atoms with Crippen LogP contribution in [0, 0.1) is 0 Å². The highest BCUT2D eigenvalue weighted by Gasteiger charge is 2.38. The number of benzene rings is 3. The molecule has 0 amide bonds. The summed E-state index contributed by atoms with van der Waals surface area (Å²) in [5, 5.41) is 1.15. The molecule has 0 fully saturated rings. The highest BCUT2D eigenvalue weighted by Crippen LogP contribution is 2.31. The topological polar surface area (TPSA) is 26.0 Å². The van der Waals surface area contributed by atoms with E-state index in [0.29, 0.717) is 0 Å². The van der Waals surface area contributed by atoms with E-state index in [1.54, 1.807) is 0 Å². The van der Waals surface area contributed by atoms with Crippen molar-refractivity contribution >= 4 is 34.3 Å². The minimum Gasteiger partial charge on any atom is -0.470 e. The Kier molecular flexibility index (Phi) is 3.30. The van der Waals surface area contributed by atoms with Gasteiger partial charge >= 0.3 is 0 Å². The van der Waals surface area contributed by atoms with Gasteiger partial charge in [-0.2, -0.15) is 0 Å². The maximum absolute atomic E-state index is 6.52. The van der Waals surface area contributed by atoms with E-state index in [2.05, 4.69) is 78.9 Å². The summed E-state index contributed by atoms with van der Waals surface area (Å²) in [5.74, 6) is 0. The van der Waals surface area contributed by atoms with Crippen LogP contribution in [0.3, 0.4) is 0 Å². The maximum atomic E-state index is 6.52. The minimum absolute atomic E-state index is 0.0440. The molecule has 5 aromatic rings. The molecule has 0 atom stereocenters. The van der Waals surface area contributed by atoms with Crippen molar-refractivity contribution in [2.75, 3.05) is 0 Å². The van der Waals surface area contributed by atoms with Crippen molar-refractivity contribution in [1.29, 1.82) is 0 Å². The van der Waals surface area contributed by atoms with Crippen LogP contribution in [0.5, 0.6) is 0 Å². The lowest BCUT2D eigenvalue weighted by Crippen LogP contribution is -2.49. The Morgan fingerprint density at radius 1 is 0.679 bits per heavy atom. The summed E-state index contributed by atoms with van der Waals surface area (Å²) in [7, 11) is 0. The fourth-order valence-corrected chi connectivity index (χ4v) is 4.46. The van der Waals surface area contributed by atoms with Crippen molar-refractivity contribution in [3.8, 4) is 22.4 Å². The largest absolute Gasteiger partial charge is 0.470 e. The van der Waals surface area contributed by atoms with E-state index in [9.17, 15) is 0 Å². The molecule has 0 N–H and O–H groups in total. The van der Waals surface area contributed by atoms with Gasteiger partial charge in [-0.25, -0.2) is 0 Å². The molecule has 0 bridgehead atoms. The quantitative estimate of drug-likeness (QED) is 0.438. The zero-order valence-corrected chi connectivity index (χ0v) is 15.2. The summed E-state index contributed by atoms with van der Waals surface area (Å²) in [4.78, 5) is 4.69.